The van der Waals surface area contributed by atoms with Crippen molar-refractivity contribution in [1.82, 2.24) is 15.6 Å². The summed E-state index contributed by atoms with van der Waals surface area (Å²) in [6.45, 7) is 5.63. The van der Waals surface area contributed by atoms with Crippen molar-refractivity contribution in [3.05, 3.63) is 57.6 Å². The number of aliphatic hydroxyl groups is 2. The number of nitrogens with one attached hydrogen (secondary N) is 3. The van der Waals surface area contributed by atoms with Crippen LogP contribution < -0.4 is 16.0 Å². The number of fused-ring (bicyclic) bond motifs is 3. The molecule has 4 aliphatic rings. The number of aliphatic hydroxyl groups excluding tert-OH is 1. The van der Waals surface area contributed by atoms with Crippen molar-refractivity contribution >= 4 is 40.7 Å². The molecule has 0 bridgehead atoms. The van der Waals surface area contributed by atoms with E-state index < -0.39 is 52.4 Å². The molecule has 3 fully saturated rings. The molecular weight excluding hydrogens is 598 g/mol. The van der Waals surface area contributed by atoms with Crippen molar-refractivity contribution in [2.75, 3.05) is 18.5 Å². The summed E-state index contributed by atoms with van der Waals surface area (Å²) in [5, 5.41) is 30.2. The van der Waals surface area contributed by atoms with Gasteiger partial charge in [0.2, 0.25) is 11.8 Å². The third kappa shape index (κ3) is 4.76. The zero-order chi connectivity index (χ0) is 30.9. The maximum absolute atomic E-state index is 16.0. The van der Waals surface area contributed by atoms with Crippen LogP contribution in [-0.4, -0.2) is 69.6 Å². The molecule has 2 spiro atoms. The minimum Gasteiger partial charge on any atom is -0.394 e. The third-order valence-corrected chi connectivity index (χ3v) is 10.8. The van der Waals surface area contributed by atoms with Crippen LogP contribution in [0.4, 0.5) is 10.1 Å². The molecule has 0 radical (unpaired) electrons. The summed E-state index contributed by atoms with van der Waals surface area (Å²) < 4.78 is 21.7. The molecule has 5 N–H and O–H groups in total. The first-order chi connectivity index (χ1) is 20.2. The number of rotatable bonds is 4. The minimum atomic E-state index is -1.38. The Hall–Kier alpha value is -2.34. The number of halogens is 3. The highest BCUT2D eigenvalue weighted by atomic mass is 35.5. The van der Waals surface area contributed by atoms with Gasteiger partial charge in [-0.05, 0) is 67.3 Å². The lowest BCUT2D eigenvalue weighted by atomic mass is 9.53. The summed E-state index contributed by atoms with van der Waals surface area (Å²) in [5.41, 5.74) is -2.36. The summed E-state index contributed by atoms with van der Waals surface area (Å²) in [7, 11) is 0. The van der Waals surface area contributed by atoms with Crippen LogP contribution in [-0.2, 0) is 19.7 Å². The Labute approximate surface area is 259 Å². The molecule has 2 saturated heterocycles. The molecule has 6 atom stereocenters. The van der Waals surface area contributed by atoms with Gasteiger partial charge in [0.25, 0.3) is 0 Å². The van der Waals surface area contributed by atoms with E-state index in [1.165, 1.54) is 12.3 Å². The lowest BCUT2D eigenvalue weighted by Crippen LogP contribution is -2.61. The van der Waals surface area contributed by atoms with Gasteiger partial charge in [-0.2, -0.15) is 0 Å². The van der Waals surface area contributed by atoms with Crippen molar-refractivity contribution in [3.8, 4) is 0 Å². The quantitative estimate of drug-likeness (QED) is 0.323. The van der Waals surface area contributed by atoms with Crippen LogP contribution in [0.5, 0.6) is 0 Å². The molecule has 6 rings (SSSR count). The molecule has 1 saturated carbocycles. The fraction of sp³-hybridized carbons (Fsp3) is 0.581. The molecule has 1 aromatic carbocycles. The summed E-state index contributed by atoms with van der Waals surface area (Å²) in [4.78, 5) is 32.8. The Morgan fingerprint density at radius 1 is 1.19 bits per heavy atom. The number of aromatic nitrogens is 1. The Morgan fingerprint density at radius 3 is 2.58 bits per heavy atom. The Morgan fingerprint density at radius 2 is 1.91 bits per heavy atom. The number of amides is 2. The Bertz CT molecular complexity index is 1460. The van der Waals surface area contributed by atoms with Gasteiger partial charge in [-0.3, -0.25) is 14.9 Å². The van der Waals surface area contributed by atoms with E-state index in [1.807, 2.05) is 0 Å². The fourth-order valence-corrected chi connectivity index (χ4v) is 8.40. The first-order valence-corrected chi connectivity index (χ1v) is 15.4. The maximum Gasteiger partial charge on any atom is 0.238 e. The maximum atomic E-state index is 16.0. The SMILES string of the molecule is CC1(C)CCC2(CC1)N[C@@H](C(=O)N[C@H]1CO[C@H](CO)C(C)(O)C1)[C@H](c1ccnc(Cl)c1F)[C@]21C(=O)Nc2cc(Cl)ccc21. The summed E-state index contributed by atoms with van der Waals surface area (Å²) in [5.74, 6) is -2.59. The number of pyridine rings is 1. The average Bonchev–Trinajstić information content (AvgIpc) is 3.39. The van der Waals surface area contributed by atoms with Crippen molar-refractivity contribution in [3.63, 3.8) is 0 Å². The number of nitrogens with zero attached hydrogens (tertiary/aromatic N) is 1. The smallest absolute Gasteiger partial charge is 0.238 e. The molecule has 12 heteroatoms. The number of hydrogen-bond acceptors (Lipinski definition) is 7. The summed E-state index contributed by atoms with van der Waals surface area (Å²) in [6, 6.07) is 5.05. The molecular formula is C31H37Cl2FN4O5. The highest BCUT2D eigenvalue weighted by Gasteiger charge is 2.73. The number of hydrogen-bond donors (Lipinski definition) is 5. The van der Waals surface area contributed by atoms with Crippen molar-refractivity contribution < 1.29 is 28.9 Å². The predicted molar refractivity (Wildman–Crippen MR) is 160 cm³/mol. The van der Waals surface area contributed by atoms with E-state index in [-0.39, 0.29) is 41.7 Å². The van der Waals surface area contributed by atoms with Crippen LogP contribution in [0.25, 0.3) is 0 Å². The Kier molecular flexibility index (Phi) is 7.59. The number of benzene rings is 1. The van der Waals surface area contributed by atoms with E-state index in [1.54, 1.807) is 25.1 Å². The Balaban J connectivity index is 1.50. The van der Waals surface area contributed by atoms with Crippen LogP contribution in [0.2, 0.25) is 10.2 Å². The second-order valence-corrected chi connectivity index (χ2v) is 14.4. The highest BCUT2D eigenvalue weighted by molar-refractivity contribution is 6.31. The van der Waals surface area contributed by atoms with Crippen LogP contribution in [0.15, 0.2) is 30.5 Å². The van der Waals surface area contributed by atoms with Gasteiger partial charge in [-0.1, -0.05) is 43.1 Å². The van der Waals surface area contributed by atoms with Gasteiger partial charge in [-0.15, -0.1) is 0 Å². The van der Waals surface area contributed by atoms with Gasteiger partial charge in [0.1, 0.15) is 11.5 Å². The van der Waals surface area contributed by atoms with Gasteiger partial charge in [-0.25, -0.2) is 9.37 Å². The molecule has 1 aliphatic carbocycles. The number of ether oxygens (including phenoxy) is 1. The van der Waals surface area contributed by atoms with Gasteiger partial charge in [0, 0.05) is 34.8 Å². The molecule has 43 heavy (non-hydrogen) atoms. The third-order valence-electron chi connectivity index (χ3n) is 10.3. The van der Waals surface area contributed by atoms with Crippen LogP contribution in [0, 0.1) is 11.2 Å². The highest BCUT2D eigenvalue weighted by Crippen LogP contribution is 2.64. The van der Waals surface area contributed by atoms with Crippen LogP contribution >= 0.6 is 23.2 Å². The minimum absolute atomic E-state index is 0.0152. The zero-order valence-corrected chi connectivity index (χ0v) is 25.9. The van der Waals surface area contributed by atoms with Gasteiger partial charge in [0.15, 0.2) is 11.0 Å². The normalized spacial score (nSPS) is 34.3. The molecule has 9 nitrogen and oxygen atoms in total. The average molecular weight is 636 g/mol. The fourth-order valence-electron chi connectivity index (χ4n) is 8.06. The van der Waals surface area contributed by atoms with Crippen molar-refractivity contribution in [2.45, 2.75) is 93.5 Å². The molecule has 4 heterocycles. The molecule has 3 aliphatic heterocycles. The topological polar surface area (TPSA) is 133 Å². The van der Waals surface area contributed by atoms with E-state index in [0.717, 1.165) is 12.8 Å². The van der Waals surface area contributed by atoms with E-state index >= 15 is 4.39 Å². The summed E-state index contributed by atoms with van der Waals surface area (Å²) >= 11 is 12.6. The van der Waals surface area contributed by atoms with Gasteiger partial charge < -0.3 is 25.6 Å². The lowest BCUT2D eigenvalue weighted by molar-refractivity contribution is -0.162. The monoisotopic (exact) mass is 634 g/mol. The van der Waals surface area contributed by atoms with Crippen molar-refractivity contribution in [2.24, 2.45) is 5.41 Å². The molecule has 1 unspecified atom stereocenters. The van der Waals surface area contributed by atoms with Crippen LogP contribution in [0.1, 0.15) is 69.9 Å². The first-order valence-electron chi connectivity index (χ1n) is 14.7. The molecule has 1 aromatic heterocycles. The van der Waals surface area contributed by atoms with Gasteiger partial charge >= 0.3 is 0 Å². The molecule has 232 valence electrons. The van der Waals surface area contributed by atoms with E-state index in [9.17, 15) is 19.8 Å². The van der Waals surface area contributed by atoms with E-state index in [2.05, 4.69) is 34.8 Å². The zero-order valence-electron chi connectivity index (χ0n) is 24.3. The predicted octanol–water partition coefficient (Wildman–Crippen LogP) is 3.83. The van der Waals surface area contributed by atoms with Crippen molar-refractivity contribution in [1.29, 1.82) is 0 Å². The number of anilines is 1. The summed E-state index contributed by atoms with van der Waals surface area (Å²) in [6.07, 6.45) is 3.43. The number of carbonyl (C=O) groups is 2. The second kappa shape index (κ2) is 10.6. The second-order valence-electron chi connectivity index (χ2n) is 13.6. The van der Waals surface area contributed by atoms with Gasteiger partial charge in [0.05, 0.1) is 30.9 Å². The molecule has 2 amide bonds. The van der Waals surface area contributed by atoms with E-state index in [0.29, 0.717) is 29.1 Å². The standard InChI is InChI=1S/C31H37Cl2FN4O5/c1-28(2)7-9-30(10-8-28)31(19-5-4-16(32)12-20(19)37-27(31)41)22(18-6-11-35-25(33)23(18)34)24(38-30)26(40)36-17-13-29(3,42)21(14-39)43-15-17/h4-6,11-12,17,21-22,24,38-39,42H,7-10,13-15H2,1-3H3,(H,36,40)(H,37,41)/t17-,21-,22+,24-,29?,31-/m1/s1. The van der Waals surface area contributed by atoms with E-state index in [4.69, 9.17) is 27.9 Å². The molecule has 2 aromatic rings. The first kappa shape index (κ1) is 30.7. The lowest BCUT2D eigenvalue weighted by Gasteiger charge is -2.50. The number of carbonyl (C=O) groups excluding carboxylic acids is 2. The largest absolute Gasteiger partial charge is 0.394 e. The van der Waals surface area contributed by atoms with Crippen LogP contribution in [0.3, 0.4) is 0 Å².